The molecule has 1 aliphatic rings. The maximum Gasteiger partial charge on any atom is 0.225 e. The van der Waals surface area contributed by atoms with E-state index < -0.39 is 0 Å². The fourth-order valence-corrected chi connectivity index (χ4v) is 2.40. The van der Waals surface area contributed by atoms with Crippen LogP contribution in [-0.4, -0.2) is 27.4 Å². The normalized spacial score (nSPS) is 15.3. The Bertz CT molecular complexity index is 430. The van der Waals surface area contributed by atoms with E-state index >= 15 is 0 Å². The van der Waals surface area contributed by atoms with E-state index in [1.54, 1.807) is 0 Å². The number of hydrogen-bond donors (Lipinski definition) is 1. The number of anilines is 1. The molecule has 0 spiro atoms. The molecule has 102 valence electrons. The number of hydrogen-bond acceptors (Lipinski definition) is 3. The number of aromatic amines is 1. The van der Waals surface area contributed by atoms with E-state index in [1.807, 2.05) is 0 Å². The molecule has 1 heterocycles. The quantitative estimate of drug-likeness (QED) is 0.770. The predicted octanol–water partition coefficient (Wildman–Crippen LogP) is 3.37. The van der Waals surface area contributed by atoms with Gasteiger partial charge >= 0.3 is 0 Å². The van der Waals surface area contributed by atoms with Gasteiger partial charge in [-0.3, -0.25) is 4.57 Å². The highest BCUT2D eigenvalue weighted by atomic mass is 32.1. The van der Waals surface area contributed by atoms with Crippen LogP contribution in [0, 0.1) is 10.7 Å². The third-order valence-corrected chi connectivity index (χ3v) is 3.69. The van der Waals surface area contributed by atoms with Crippen LogP contribution in [0.3, 0.4) is 0 Å². The summed E-state index contributed by atoms with van der Waals surface area (Å²) in [6, 6.07) is 0.685. The van der Waals surface area contributed by atoms with Crippen LogP contribution < -0.4 is 4.90 Å². The number of H-pyrrole nitrogens is 1. The van der Waals surface area contributed by atoms with Crippen molar-refractivity contribution in [2.24, 2.45) is 5.92 Å². The van der Waals surface area contributed by atoms with Crippen molar-refractivity contribution in [2.45, 2.75) is 59.0 Å². The molecule has 1 N–H and O–H groups in total. The van der Waals surface area contributed by atoms with E-state index in [4.69, 9.17) is 12.2 Å². The Labute approximate surface area is 114 Å². The predicted molar refractivity (Wildman–Crippen MR) is 77.5 cm³/mol. The third kappa shape index (κ3) is 3.13. The summed E-state index contributed by atoms with van der Waals surface area (Å²) in [7, 11) is 0. The Hall–Kier alpha value is -0.840. The van der Waals surface area contributed by atoms with E-state index in [0.717, 1.165) is 36.1 Å². The van der Waals surface area contributed by atoms with Gasteiger partial charge in [0.05, 0.1) is 0 Å². The molecule has 0 radical (unpaired) electrons. The molecule has 5 heteroatoms. The van der Waals surface area contributed by atoms with Gasteiger partial charge in [-0.25, -0.2) is 5.10 Å². The molecule has 4 nitrogen and oxygen atoms in total. The van der Waals surface area contributed by atoms with E-state index in [0.29, 0.717) is 6.04 Å². The Kier molecular flexibility index (Phi) is 4.43. The van der Waals surface area contributed by atoms with E-state index in [2.05, 4.69) is 40.4 Å². The summed E-state index contributed by atoms with van der Waals surface area (Å²) in [6.07, 6.45) is 4.89. The second-order valence-electron chi connectivity index (χ2n) is 5.59. The minimum atomic E-state index is 0.685. The lowest BCUT2D eigenvalue weighted by Crippen LogP contribution is -2.30. The molecule has 0 aliphatic heterocycles. The van der Waals surface area contributed by atoms with Gasteiger partial charge in [-0.2, -0.15) is 0 Å². The fourth-order valence-electron chi connectivity index (χ4n) is 2.18. The van der Waals surface area contributed by atoms with E-state index in [-0.39, 0.29) is 0 Å². The van der Waals surface area contributed by atoms with Crippen molar-refractivity contribution < 1.29 is 0 Å². The minimum Gasteiger partial charge on any atom is -0.338 e. The Morgan fingerprint density at radius 2 is 2.22 bits per heavy atom. The molecular formula is C13H24N4S. The van der Waals surface area contributed by atoms with Gasteiger partial charge in [0, 0.05) is 19.1 Å². The monoisotopic (exact) mass is 268 g/mol. The van der Waals surface area contributed by atoms with Crippen molar-refractivity contribution in [3.8, 4) is 0 Å². The van der Waals surface area contributed by atoms with Crippen LogP contribution in [0.1, 0.15) is 46.5 Å². The van der Waals surface area contributed by atoms with Crippen LogP contribution in [0.4, 0.5) is 5.95 Å². The van der Waals surface area contributed by atoms with Gasteiger partial charge in [0.15, 0.2) is 4.77 Å². The first-order valence-corrected chi connectivity index (χ1v) is 7.46. The molecule has 1 aromatic heterocycles. The first-order valence-electron chi connectivity index (χ1n) is 7.05. The molecule has 1 saturated carbocycles. The number of nitrogens with zero attached hydrogens (tertiary/aromatic N) is 3. The van der Waals surface area contributed by atoms with Crippen LogP contribution in [0.2, 0.25) is 0 Å². The molecule has 18 heavy (non-hydrogen) atoms. The van der Waals surface area contributed by atoms with Gasteiger partial charge in [-0.05, 0) is 43.8 Å². The summed E-state index contributed by atoms with van der Waals surface area (Å²) < 4.78 is 2.90. The Balaban J connectivity index is 2.17. The summed E-state index contributed by atoms with van der Waals surface area (Å²) in [4.78, 5) is 2.45. The molecule has 0 aromatic carbocycles. The SMILES string of the molecule is CCCn1c(N(CCC(C)C)C2CC2)n[nH]c1=S. The van der Waals surface area contributed by atoms with Crippen molar-refractivity contribution in [2.75, 3.05) is 11.4 Å². The summed E-state index contributed by atoms with van der Waals surface area (Å²) in [6.45, 7) is 8.76. The van der Waals surface area contributed by atoms with Gasteiger partial charge in [-0.15, -0.1) is 5.10 Å². The van der Waals surface area contributed by atoms with Crippen molar-refractivity contribution >= 4 is 18.2 Å². The maximum atomic E-state index is 5.32. The highest BCUT2D eigenvalue weighted by Crippen LogP contribution is 2.31. The maximum absolute atomic E-state index is 5.32. The first-order chi connectivity index (χ1) is 8.63. The third-order valence-electron chi connectivity index (χ3n) is 3.38. The molecule has 0 saturated heterocycles. The van der Waals surface area contributed by atoms with Gasteiger partial charge in [0.1, 0.15) is 0 Å². The summed E-state index contributed by atoms with van der Waals surface area (Å²) in [5.74, 6) is 1.78. The molecule has 0 amide bonds. The number of aromatic nitrogens is 3. The zero-order valence-electron chi connectivity index (χ0n) is 11.6. The standard InChI is InChI=1S/C13H24N4S/c1-4-8-17-12(14-15-13(17)18)16(11-5-6-11)9-7-10(2)3/h10-11H,4-9H2,1-3H3,(H,15,18). The van der Waals surface area contributed by atoms with E-state index in [1.165, 1.54) is 19.3 Å². The largest absolute Gasteiger partial charge is 0.338 e. The molecular weight excluding hydrogens is 244 g/mol. The smallest absolute Gasteiger partial charge is 0.225 e. The summed E-state index contributed by atoms with van der Waals surface area (Å²) in [5.41, 5.74) is 0. The van der Waals surface area contributed by atoms with Crippen molar-refractivity contribution in [3.05, 3.63) is 4.77 Å². The van der Waals surface area contributed by atoms with Crippen molar-refractivity contribution in [1.82, 2.24) is 14.8 Å². The van der Waals surface area contributed by atoms with E-state index in [9.17, 15) is 0 Å². The molecule has 2 rings (SSSR count). The molecule has 0 atom stereocenters. The van der Waals surface area contributed by atoms with Gasteiger partial charge < -0.3 is 4.90 Å². The second kappa shape index (κ2) is 5.87. The first kappa shape index (κ1) is 13.6. The molecule has 0 unspecified atom stereocenters. The Morgan fingerprint density at radius 1 is 1.50 bits per heavy atom. The van der Waals surface area contributed by atoms with Crippen LogP contribution in [0.25, 0.3) is 0 Å². The van der Waals surface area contributed by atoms with Crippen molar-refractivity contribution in [3.63, 3.8) is 0 Å². The molecule has 0 bridgehead atoms. The summed E-state index contributed by atoms with van der Waals surface area (Å²) in [5, 5.41) is 7.39. The summed E-state index contributed by atoms with van der Waals surface area (Å²) >= 11 is 5.32. The zero-order valence-corrected chi connectivity index (χ0v) is 12.5. The second-order valence-corrected chi connectivity index (χ2v) is 5.97. The highest BCUT2D eigenvalue weighted by Gasteiger charge is 2.31. The lowest BCUT2D eigenvalue weighted by Gasteiger charge is -2.24. The fraction of sp³-hybridized carbons (Fsp3) is 0.846. The Morgan fingerprint density at radius 3 is 2.78 bits per heavy atom. The van der Waals surface area contributed by atoms with Crippen LogP contribution in [-0.2, 0) is 6.54 Å². The highest BCUT2D eigenvalue weighted by molar-refractivity contribution is 7.71. The zero-order chi connectivity index (χ0) is 13.1. The van der Waals surface area contributed by atoms with Crippen molar-refractivity contribution in [1.29, 1.82) is 0 Å². The lowest BCUT2D eigenvalue weighted by molar-refractivity contribution is 0.554. The molecule has 1 aromatic rings. The van der Waals surface area contributed by atoms with Gasteiger partial charge in [0.25, 0.3) is 0 Å². The van der Waals surface area contributed by atoms with Crippen LogP contribution in [0.5, 0.6) is 0 Å². The average Bonchev–Trinajstić information content (AvgIpc) is 3.09. The van der Waals surface area contributed by atoms with Gasteiger partial charge in [0.2, 0.25) is 5.95 Å². The average molecular weight is 268 g/mol. The topological polar surface area (TPSA) is 36.9 Å². The lowest BCUT2D eigenvalue weighted by atomic mass is 10.1. The van der Waals surface area contributed by atoms with Crippen LogP contribution >= 0.6 is 12.2 Å². The number of rotatable bonds is 7. The van der Waals surface area contributed by atoms with Crippen LogP contribution in [0.15, 0.2) is 0 Å². The molecule has 1 fully saturated rings. The number of nitrogens with one attached hydrogen (secondary N) is 1. The molecule has 1 aliphatic carbocycles. The van der Waals surface area contributed by atoms with Gasteiger partial charge in [-0.1, -0.05) is 20.8 Å². The minimum absolute atomic E-state index is 0.685.